The summed E-state index contributed by atoms with van der Waals surface area (Å²) in [6.45, 7) is 2.12. The Hall–Kier alpha value is 0.250. The van der Waals surface area contributed by atoms with Crippen LogP contribution in [0.1, 0.15) is 45.4 Å². The Balaban J connectivity index is 0.000001000. The van der Waals surface area contributed by atoms with Gasteiger partial charge < -0.3 is 5.73 Å². The first kappa shape index (κ1) is 11.2. The van der Waals surface area contributed by atoms with Gasteiger partial charge in [0.1, 0.15) is 0 Å². The summed E-state index contributed by atoms with van der Waals surface area (Å²) in [7, 11) is 0. The molecule has 1 aliphatic carbocycles. The highest BCUT2D eigenvalue weighted by Crippen LogP contribution is 2.26. The molecule has 11 heavy (non-hydrogen) atoms. The van der Waals surface area contributed by atoms with Crippen molar-refractivity contribution in [3.63, 3.8) is 0 Å². The van der Waals surface area contributed by atoms with E-state index in [2.05, 4.69) is 6.92 Å². The van der Waals surface area contributed by atoms with Gasteiger partial charge in [0.15, 0.2) is 0 Å². The second kappa shape index (κ2) is 5.84. The molecule has 2 N–H and O–H groups in total. The molecule has 1 saturated carbocycles. The second-order valence-electron chi connectivity index (χ2n) is 3.72. The van der Waals surface area contributed by atoms with E-state index >= 15 is 0 Å². The van der Waals surface area contributed by atoms with Crippen LogP contribution in [0.25, 0.3) is 0 Å². The van der Waals surface area contributed by atoms with Crippen LogP contribution in [-0.4, -0.2) is 6.04 Å². The molecule has 68 valence electrons. The first-order valence-electron chi connectivity index (χ1n) is 4.54. The molecule has 1 rings (SSSR count). The molecule has 0 radical (unpaired) electrons. The summed E-state index contributed by atoms with van der Waals surface area (Å²) in [5.74, 6) is 0.953. The third-order valence-electron chi connectivity index (χ3n) is 2.43. The molecular weight excluding hydrogens is 158 g/mol. The van der Waals surface area contributed by atoms with E-state index in [0.29, 0.717) is 6.04 Å². The standard InChI is InChI=1S/C9H19N.ClH/c1-8(10)7-9-5-3-2-4-6-9;/h8-9H,2-7,10H2,1H3;1H/t8-;/m0./s1. The maximum Gasteiger partial charge on any atom is 0.00131 e. The van der Waals surface area contributed by atoms with Crippen molar-refractivity contribution in [2.45, 2.75) is 51.5 Å². The van der Waals surface area contributed by atoms with Gasteiger partial charge in [0.2, 0.25) is 0 Å². The zero-order valence-electron chi connectivity index (χ0n) is 7.38. The molecule has 0 aromatic rings. The summed E-state index contributed by atoms with van der Waals surface area (Å²) in [5.41, 5.74) is 5.72. The van der Waals surface area contributed by atoms with Gasteiger partial charge in [-0.1, -0.05) is 32.1 Å². The van der Waals surface area contributed by atoms with Gasteiger partial charge in [0, 0.05) is 6.04 Å². The molecule has 0 heterocycles. The van der Waals surface area contributed by atoms with E-state index in [0.717, 1.165) is 5.92 Å². The van der Waals surface area contributed by atoms with Crippen LogP contribution in [0.2, 0.25) is 0 Å². The minimum atomic E-state index is 0. The fourth-order valence-electron chi connectivity index (χ4n) is 1.95. The highest BCUT2D eigenvalue weighted by atomic mass is 35.5. The molecule has 0 saturated heterocycles. The van der Waals surface area contributed by atoms with Gasteiger partial charge in [-0.15, -0.1) is 12.4 Å². The van der Waals surface area contributed by atoms with E-state index in [1.165, 1.54) is 38.5 Å². The van der Waals surface area contributed by atoms with E-state index in [9.17, 15) is 0 Å². The smallest absolute Gasteiger partial charge is 0.00131 e. The lowest BCUT2D eigenvalue weighted by molar-refractivity contribution is 0.323. The average Bonchev–Trinajstić information content (AvgIpc) is 1.88. The molecule has 0 amide bonds. The normalized spacial score (nSPS) is 22.4. The fourth-order valence-corrected chi connectivity index (χ4v) is 1.95. The van der Waals surface area contributed by atoms with E-state index in [1.54, 1.807) is 0 Å². The Kier molecular flexibility index (Phi) is 5.98. The molecule has 2 heteroatoms. The van der Waals surface area contributed by atoms with Crippen molar-refractivity contribution in [3.05, 3.63) is 0 Å². The van der Waals surface area contributed by atoms with Crippen LogP contribution in [0.15, 0.2) is 0 Å². The molecule has 0 aromatic heterocycles. The summed E-state index contributed by atoms with van der Waals surface area (Å²) in [6, 6.07) is 0.420. The van der Waals surface area contributed by atoms with E-state index < -0.39 is 0 Å². The van der Waals surface area contributed by atoms with Crippen LogP contribution >= 0.6 is 12.4 Å². The molecule has 0 unspecified atom stereocenters. The van der Waals surface area contributed by atoms with Crippen molar-refractivity contribution >= 4 is 12.4 Å². The predicted octanol–water partition coefficient (Wildman–Crippen LogP) is 2.73. The van der Waals surface area contributed by atoms with Crippen molar-refractivity contribution in [2.24, 2.45) is 11.7 Å². The second-order valence-corrected chi connectivity index (χ2v) is 3.72. The molecule has 1 fully saturated rings. The Bertz CT molecular complexity index is 87.6. The molecule has 1 aliphatic rings. The average molecular weight is 178 g/mol. The van der Waals surface area contributed by atoms with Gasteiger partial charge in [-0.3, -0.25) is 0 Å². The lowest BCUT2D eigenvalue weighted by atomic mass is 9.85. The maximum absolute atomic E-state index is 5.72. The summed E-state index contributed by atoms with van der Waals surface area (Å²) in [6.07, 6.45) is 8.45. The molecule has 1 atom stereocenters. The number of rotatable bonds is 2. The Labute approximate surface area is 76.1 Å². The summed E-state index contributed by atoms with van der Waals surface area (Å²) >= 11 is 0. The molecule has 0 spiro atoms. The van der Waals surface area contributed by atoms with Crippen molar-refractivity contribution in [1.82, 2.24) is 0 Å². The first-order valence-corrected chi connectivity index (χ1v) is 4.54. The predicted molar refractivity (Wildman–Crippen MR) is 52.1 cm³/mol. The Morgan fingerprint density at radius 1 is 1.27 bits per heavy atom. The third kappa shape index (κ3) is 4.65. The highest BCUT2D eigenvalue weighted by Gasteiger charge is 2.13. The lowest BCUT2D eigenvalue weighted by Crippen LogP contribution is -2.20. The number of halogens is 1. The van der Waals surface area contributed by atoms with Crippen LogP contribution in [0.5, 0.6) is 0 Å². The van der Waals surface area contributed by atoms with Crippen LogP contribution in [0.4, 0.5) is 0 Å². The third-order valence-corrected chi connectivity index (χ3v) is 2.43. The molecule has 0 aliphatic heterocycles. The van der Waals surface area contributed by atoms with Gasteiger partial charge in [-0.25, -0.2) is 0 Å². The van der Waals surface area contributed by atoms with Gasteiger partial charge in [0.25, 0.3) is 0 Å². The van der Waals surface area contributed by atoms with Crippen molar-refractivity contribution < 1.29 is 0 Å². The van der Waals surface area contributed by atoms with Crippen LogP contribution in [-0.2, 0) is 0 Å². The first-order chi connectivity index (χ1) is 4.79. The van der Waals surface area contributed by atoms with E-state index in [-0.39, 0.29) is 12.4 Å². The van der Waals surface area contributed by atoms with Crippen molar-refractivity contribution in [2.75, 3.05) is 0 Å². The molecule has 0 aromatic carbocycles. The van der Waals surface area contributed by atoms with Crippen LogP contribution in [0.3, 0.4) is 0 Å². The van der Waals surface area contributed by atoms with Crippen LogP contribution < -0.4 is 5.73 Å². The fraction of sp³-hybridized carbons (Fsp3) is 1.00. The summed E-state index contributed by atoms with van der Waals surface area (Å²) in [5, 5.41) is 0. The maximum atomic E-state index is 5.72. The van der Waals surface area contributed by atoms with Crippen LogP contribution in [0, 0.1) is 5.92 Å². The largest absolute Gasteiger partial charge is 0.328 e. The Morgan fingerprint density at radius 3 is 2.27 bits per heavy atom. The molecule has 0 bridgehead atoms. The zero-order chi connectivity index (χ0) is 7.40. The zero-order valence-corrected chi connectivity index (χ0v) is 8.20. The molecule has 1 nitrogen and oxygen atoms in total. The van der Waals surface area contributed by atoms with Crippen molar-refractivity contribution in [1.29, 1.82) is 0 Å². The quantitative estimate of drug-likeness (QED) is 0.690. The minimum absolute atomic E-state index is 0. The highest BCUT2D eigenvalue weighted by molar-refractivity contribution is 5.85. The lowest BCUT2D eigenvalue weighted by Gasteiger charge is -2.22. The molecular formula is C9H20ClN. The van der Waals surface area contributed by atoms with Gasteiger partial charge in [-0.05, 0) is 19.3 Å². The van der Waals surface area contributed by atoms with E-state index in [4.69, 9.17) is 5.73 Å². The number of hydrogen-bond donors (Lipinski definition) is 1. The van der Waals surface area contributed by atoms with Gasteiger partial charge in [0.05, 0.1) is 0 Å². The Morgan fingerprint density at radius 2 is 1.82 bits per heavy atom. The topological polar surface area (TPSA) is 26.0 Å². The number of nitrogens with two attached hydrogens (primary N) is 1. The van der Waals surface area contributed by atoms with Crippen molar-refractivity contribution in [3.8, 4) is 0 Å². The van der Waals surface area contributed by atoms with E-state index in [1.807, 2.05) is 0 Å². The SMILES string of the molecule is C[C@H](N)CC1CCCCC1.Cl. The number of hydrogen-bond acceptors (Lipinski definition) is 1. The monoisotopic (exact) mass is 177 g/mol. The van der Waals surface area contributed by atoms with Gasteiger partial charge >= 0.3 is 0 Å². The summed E-state index contributed by atoms with van der Waals surface area (Å²) < 4.78 is 0. The summed E-state index contributed by atoms with van der Waals surface area (Å²) in [4.78, 5) is 0. The van der Waals surface area contributed by atoms with Gasteiger partial charge in [-0.2, -0.15) is 0 Å². The minimum Gasteiger partial charge on any atom is -0.328 e.